The number of anilines is 2. The first-order chi connectivity index (χ1) is 19.2. The van der Waals surface area contributed by atoms with E-state index in [0.29, 0.717) is 59.9 Å². The Morgan fingerprint density at radius 1 is 1.18 bits per heavy atom. The fraction of sp³-hybridized carbons (Fsp3) is 0.276. The highest BCUT2D eigenvalue weighted by molar-refractivity contribution is 8.00. The predicted octanol–water partition coefficient (Wildman–Crippen LogP) is 5.30. The number of nitrogens with zero attached hydrogens (tertiary/aromatic N) is 4. The van der Waals surface area contributed by atoms with Crippen molar-refractivity contribution in [3.05, 3.63) is 83.1 Å². The Morgan fingerprint density at radius 3 is 2.67 bits per heavy atom. The van der Waals surface area contributed by atoms with Crippen LogP contribution < -0.4 is 15.4 Å². The highest BCUT2D eigenvalue weighted by atomic mass is 32.2. The Hall–Kier alpha value is -4.14. The van der Waals surface area contributed by atoms with Gasteiger partial charge in [0.1, 0.15) is 17.5 Å². The van der Waals surface area contributed by atoms with Gasteiger partial charge in [-0.1, -0.05) is 37.3 Å². The standard InChI is InChI=1S/C29H29F2N7OS/c1-4-19-12-26(36-27-16-34-29(37-28(19)27)35-23-13-21(30)14-33-15-23)20-7-10-25(24(31)11-20)38-40(3,39)17-18-5-8-22(32-2)9-6-18/h5-12,16,21,23,33H,3-4,13-15,17H2,1H3,(H,38,39)(H,34,35,37)/t21-,23-,40?/m0/s1. The van der Waals surface area contributed by atoms with Crippen LogP contribution in [-0.2, 0) is 21.9 Å². The van der Waals surface area contributed by atoms with Gasteiger partial charge < -0.3 is 15.4 Å². The zero-order valence-electron chi connectivity index (χ0n) is 22.0. The van der Waals surface area contributed by atoms with Crippen LogP contribution in [0.5, 0.6) is 0 Å². The molecule has 4 aromatic rings. The Balaban J connectivity index is 1.35. The summed E-state index contributed by atoms with van der Waals surface area (Å²) in [6.07, 6.45) is 1.77. The largest absolute Gasteiger partial charge is 0.350 e. The summed E-state index contributed by atoms with van der Waals surface area (Å²) in [5.74, 6) is 3.68. The fourth-order valence-electron chi connectivity index (χ4n) is 4.69. The van der Waals surface area contributed by atoms with E-state index in [-0.39, 0.29) is 17.5 Å². The number of fused-ring (bicyclic) bond motifs is 1. The summed E-state index contributed by atoms with van der Waals surface area (Å²) in [5.41, 5.74) is 4.57. The first-order valence-corrected chi connectivity index (χ1v) is 14.8. The monoisotopic (exact) mass is 561 g/mol. The topological polar surface area (TPSA) is 96.2 Å². The molecular weight excluding hydrogens is 532 g/mol. The molecule has 0 bridgehead atoms. The number of nitrogens with one attached hydrogen (secondary N) is 3. The molecule has 0 spiro atoms. The number of piperidine rings is 1. The summed E-state index contributed by atoms with van der Waals surface area (Å²) >= 11 is 0. The van der Waals surface area contributed by atoms with Crippen LogP contribution in [0.15, 0.2) is 54.7 Å². The molecule has 1 unspecified atom stereocenters. The van der Waals surface area contributed by atoms with Crippen LogP contribution in [0.1, 0.15) is 24.5 Å². The third-order valence-electron chi connectivity index (χ3n) is 6.66. The minimum Gasteiger partial charge on any atom is -0.350 e. The average molecular weight is 562 g/mol. The molecule has 0 aliphatic carbocycles. The summed E-state index contributed by atoms with van der Waals surface area (Å²) in [5, 5.41) is 6.26. The summed E-state index contributed by atoms with van der Waals surface area (Å²) in [4.78, 5) is 17.0. The van der Waals surface area contributed by atoms with Crippen LogP contribution in [0.4, 0.5) is 26.1 Å². The molecule has 3 N–H and O–H groups in total. The van der Waals surface area contributed by atoms with Crippen molar-refractivity contribution in [1.82, 2.24) is 20.3 Å². The van der Waals surface area contributed by atoms with Crippen molar-refractivity contribution in [3.63, 3.8) is 0 Å². The number of pyridine rings is 1. The van der Waals surface area contributed by atoms with Crippen LogP contribution >= 0.6 is 0 Å². The molecule has 206 valence electrons. The van der Waals surface area contributed by atoms with Gasteiger partial charge >= 0.3 is 0 Å². The summed E-state index contributed by atoms with van der Waals surface area (Å²) in [6, 6.07) is 13.1. The lowest BCUT2D eigenvalue weighted by molar-refractivity contribution is 0.254. The number of aromatic nitrogens is 3. The summed E-state index contributed by atoms with van der Waals surface area (Å²) in [6.45, 7) is 10.0. The van der Waals surface area contributed by atoms with E-state index in [2.05, 4.69) is 41.0 Å². The summed E-state index contributed by atoms with van der Waals surface area (Å²) in [7, 11) is -2.90. The first kappa shape index (κ1) is 27.4. The van der Waals surface area contributed by atoms with E-state index in [1.54, 1.807) is 36.5 Å². The molecular formula is C29H29F2N7OS. The van der Waals surface area contributed by atoms with E-state index in [1.807, 2.05) is 13.0 Å². The number of hydrogen-bond donors (Lipinski definition) is 3. The molecule has 0 saturated carbocycles. The van der Waals surface area contributed by atoms with E-state index < -0.39 is 21.7 Å². The lowest BCUT2D eigenvalue weighted by Crippen LogP contribution is -2.44. The molecule has 11 heteroatoms. The van der Waals surface area contributed by atoms with Crippen LogP contribution in [0, 0.1) is 12.4 Å². The third-order valence-corrected chi connectivity index (χ3v) is 8.05. The van der Waals surface area contributed by atoms with Gasteiger partial charge in [-0.15, -0.1) is 0 Å². The molecule has 1 saturated heterocycles. The Kier molecular flexibility index (Phi) is 7.91. The Morgan fingerprint density at radius 2 is 1.98 bits per heavy atom. The lowest BCUT2D eigenvalue weighted by Gasteiger charge is -2.26. The molecule has 0 radical (unpaired) electrons. The SMILES string of the molecule is [C-]#[N+]c1ccc(CS(=C)(=O)Nc2ccc(-c3cc(CC)c4nc(N[C@@H]5CNC[C@@H](F)C5)ncc4n3)cc2F)cc1. The minimum absolute atomic E-state index is 0.0739. The summed E-state index contributed by atoms with van der Waals surface area (Å²) < 4.78 is 44.7. The Labute approximate surface area is 232 Å². The lowest BCUT2D eigenvalue weighted by atomic mass is 10.1. The van der Waals surface area contributed by atoms with E-state index in [9.17, 15) is 8.60 Å². The number of rotatable bonds is 8. The van der Waals surface area contributed by atoms with Crippen LogP contribution in [0.3, 0.4) is 0 Å². The van der Waals surface area contributed by atoms with Crippen molar-refractivity contribution in [1.29, 1.82) is 0 Å². The number of hydrogen-bond acceptors (Lipinski definition) is 6. The maximum atomic E-state index is 15.2. The normalized spacial score (nSPS) is 18.6. The van der Waals surface area contributed by atoms with E-state index >= 15 is 4.39 Å². The first-order valence-electron chi connectivity index (χ1n) is 12.9. The Bertz CT molecular complexity index is 1690. The number of benzene rings is 2. The molecule has 0 amide bonds. The van der Waals surface area contributed by atoms with Gasteiger partial charge in [-0.05, 0) is 41.6 Å². The molecule has 2 aromatic heterocycles. The van der Waals surface area contributed by atoms with E-state index in [4.69, 9.17) is 6.57 Å². The zero-order chi connectivity index (χ0) is 28.3. The molecule has 1 aliphatic heterocycles. The van der Waals surface area contributed by atoms with Crippen molar-refractivity contribution >= 4 is 43.9 Å². The van der Waals surface area contributed by atoms with Gasteiger partial charge in [-0.2, -0.15) is 0 Å². The molecule has 8 nitrogen and oxygen atoms in total. The maximum absolute atomic E-state index is 15.2. The van der Waals surface area contributed by atoms with Gasteiger partial charge in [-0.3, -0.25) is 0 Å². The van der Waals surface area contributed by atoms with Gasteiger partial charge in [0.25, 0.3) is 0 Å². The second kappa shape index (κ2) is 11.5. The van der Waals surface area contributed by atoms with E-state index in [0.717, 1.165) is 11.1 Å². The number of alkyl halides is 1. The van der Waals surface area contributed by atoms with Gasteiger partial charge in [0.15, 0.2) is 5.69 Å². The number of aryl methyl sites for hydroxylation is 1. The predicted molar refractivity (Wildman–Crippen MR) is 157 cm³/mol. The van der Waals surface area contributed by atoms with Crippen molar-refractivity contribution in [3.8, 4) is 11.3 Å². The molecule has 1 aliphatic rings. The highest BCUT2D eigenvalue weighted by Crippen LogP contribution is 2.28. The minimum atomic E-state index is -2.90. The fourth-order valence-corrected chi connectivity index (χ4v) is 6.06. The molecule has 2 aromatic carbocycles. The second-order valence-electron chi connectivity index (χ2n) is 9.81. The maximum Gasteiger partial charge on any atom is 0.223 e. The van der Waals surface area contributed by atoms with Crippen molar-refractivity contribution in [2.24, 2.45) is 0 Å². The third kappa shape index (κ3) is 6.35. The average Bonchev–Trinajstić information content (AvgIpc) is 2.93. The molecule has 3 atom stereocenters. The van der Waals surface area contributed by atoms with Gasteiger partial charge in [0.05, 0.1) is 35.4 Å². The smallest absolute Gasteiger partial charge is 0.223 e. The van der Waals surface area contributed by atoms with Crippen LogP contribution in [0.2, 0.25) is 0 Å². The molecule has 3 heterocycles. The second-order valence-corrected chi connectivity index (χ2v) is 11.9. The molecule has 1 fully saturated rings. The van der Waals surface area contributed by atoms with Crippen LogP contribution in [-0.4, -0.2) is 50.3 Å². The van der Waals surface area contributed by atoms with Gasteiger partial charge in [0, 0.05) is 40.8 Å². The van der Waals surface area contributed by atoms with E-state index in [1.165, 1.54) is 12.1 Å². The molecule has 40 heavy (non-hydrogen) atoms. The molecule has 5 rings (SSSR count). The highest BCUT2D eigenvalue weighted by Gasteiger charge is 2.22. The van der Waals surface area contributed by atoms with Crippen molar-refractivity contribution in [2.45, 2.75) is 37.7 Å². The van der Waals surface area contributed by atoms with Crippen molar-refractivity contribution < 1.29 is 13.0 Å². The van der Waals surface area contributed by atoms with Gasteiger partial charge in [0.2, 0.25) is 5.95 Å². The van der Waals surface area contributed by atoms with Crippen LogP contribution in [0.25, 0.3) is 27.1 Å². The zero-order valence-corrected chi connectivity index (χ0v) is 22.8. The van der Waals surface area contributed by atoms with Crippen molar-refractivity contribution in [2.75, 3.05) is 23.1 Å². The quantitative estimate of drug-likeness (QED) is 0.200. The van der Waals surface area contributed by atoms with Gasteiger partial charge in [-0.25, -0.2) is 32.8 Å². The number of halogens is 2.